The van der Waals surface area contributed by atoms with Crippen molar-refractivity contribution in [2.45, 2.75) is 39.0 Å². The van der Waals surface area contributed by atoms with Crippen LogP contribution in [0.25, 0.3) is 0 Å². The quantitative estimate of drug-likeness (QED) is 0.463. The largest absolute Gasteiger partial charge is 0.481 e. The van der Waals surface area contributed by atoms with E-state index < -0.39 is 35.1 Å². The molecule has 1 heterocycles. The fourth-order valence-electron chi connectivity index (χ4n) is 4.77. The van der Waals surface area contributed by atoms with Crippen LogP contribution in [0.3, 0.4) is 0 Å². The second kappa shape index (κ2) is 9.31. The number of rotatable bonds is 7. The van der Waals surface area contributed by atoms with Gasteiger partial charge in [0.2, 0.25) is 5.91 Å². The van der Waals surface area contributed by atoms with E-state index in [0.29, 0.717) is 24.9 Å². The summed E-state index contributed by atoms with van der Waals surface area (Å²) in [5.41, 5.74) is 0.641. The first-order valence-electron chi connectivity index (χ1n) is 10.5. The third-order valence-corrected chi connectivity index (χ3v) is 6.53. The number of carbonyl (C=O) groups excluding carboxylic acids is 1. The zero-order valence-electron chi connectivity index (χ0n) is 17.5. The summed E-state index contributed by atoms with van der Waals surface area (Å²) in [7, 11) is 0. The Morgan fingerprint density at radius 3 is 2.35 bits per heavy atom. The summed E-state index contributed by atoms with van der Waals surface area (Å²) in [6.07, 6.45) is 1.76. The van der Waals surface area contributed by atoms with E-state index in [9.17, 15) is 24.6 Å². The van der Waals surface area contributed by atoms with Crippen LogP contribution in [0.5, 0.6) is 0 Å². The number of carbonyl (C=O) groups is 3. The molecular weight excluding hydrogens is 396 g/mol. The van der Waals surface area contributed by atoms with Crippen LogP contribution in [0, 0.1) is 17.3 Å². The van der Waals surface area contributed by atoms with Crippen molar-refractivity contribution < 1.29 is 24.6 Å². The lowest BCUT2D eigenvalue weighted by Gasteiger charge is -2.44. The van der Waals surface area contributed by atoms with Gasteiger partial charge in [0.15, 0.2) is 0 Å². The summed E-state index contributed by atoms with van der Waals surface area (Å²) in [6, 6.07) is 16.5. The zero-order chi connectivity index (χ0) is 22.6. The Balaban J connectivity index is 2.07. The Labute approximate surface area is 181 Å². The van der Waals surface area contributed by atoms with Gasteiger partial charge in [-0.2, -0.15) is 0 Å². The maximum absolute atomic E-state index is 13.8. The molecule has 0 saturated carbocycles. The van der Waals surface area contributed by atoms with Gasteiger partial charge < -0.3 is 10.2 Å². The number of nitrogens with zero attached hydrogens (tertiary/aromatic N) is 1. The van der Waals surface area contributed by atoms with Gasteiger partial charge in [-0.1, -0.05) is 55.5 Å². The summed E-state index contributed by atoms with van der Waals surface area (Å²) in [5.74, 6) is 0.764. The number of benzene rings is 2. The summed E-state index contributed by atoms with van der Waals surface area (Å²) < 4.78 is 0. The summed E-state index contributed by atoms with van der Waals surface area (Å²) in [5, 5.41) is 21.0. The number of hydrazine groups is 1. The zero-order valence-corrected chi connectivity index (χ0v) is 17.5. The van der Waals surface area contributed by atoms with Crippen molar-refractivity contribution in [3.8, 4) is 0 Å². The number of para-hydroxylation sites is 1. The monoisotopic (exact) mass is 424 g/mol. The minimum atomic E-state index is -1.66. The van der Waals surface area contributed by atoms with Crippen molar-refractivity contribution >= 4 is 23.5 Å². The van der Waals surface area contributed by atoms with E-state index in [4.69, 9.17) is 5.84 Å². The number of carboxylic acids is 2. The first-order valence-corrected chi connectivity index (χ1v) is 10.5. The first-order chi connectivity index (χ1) is 14.8. The molecule has 0 fully saturated rings. The SMILES string of the molecule is CC(C(=O)O)C1(C(CCc2ccccc2)C(=O)O)CCCc2ccccc2N(N)C1=O. The predicted octanol–water partition coefficient (Wildman–Crippen LogP) is 3.27. The van der Waals surface area contributed by atoms with E-state index in [1.807, 2.05) is 42.5 Å². The number of aliphatic carboxylic acids is 2. The number of anilines is 1. The fraction of sp³-hybridized carbons (Fsp3) is 0.375. The van der Waals surface area contributed by atoms with E-state index in [1.54, 1.807) is 12.1 Å². The first kappa shape index (κ1) is 22.5. The maximum Gasteiger partial charge on any atom is 0.307 e. The molecule has 1 aliphatic rings. The number of fused-ring (bicyclic) bond motifs is 1. The minimum Gasteiger partial charge on any atom is -0.481 e. The molecule has 164 valence electrons. The Kier molecular flexibility index (Phi) is 6.75. The molecule has 3 unspecified atom stereocenters. The number of hydrogen-bond donors (Lipinski definition) is 3. The third kappa shape index (κ3) is 4.32. The topological polar surface area (TPSA) is 121 Å². The van der Waals surface area contributed by atoms with Crippen LogP contribution in [0.2, 0.25) is 0 Å². The van der Waals surface area contributed by atoms with E-state index in [1.165, 1.54) is 6.92 Å². The van der Waals surface area contributed by atoms with E-state index >= 15 is 0 Å². The highest BCUT2D eigenvalue weighted by atomic mass is 16.4. The average molecular weight is 424 g/mol. The summed E-state index contributed by atoms with van der Waals surface area (Å²) in [4.78, 5) is 38.3. The molecule has 0 bridgehead atoms. The van der Waals surface area contributed by atoms with E-state index in [-0.39, 0.29) is 12.8 Å². The minimum absolute atomic E-state index is 0.132. The molecule has 0 spiro atoms. The Bertz CT molecular complexity index is 961. The molecule has 4 N–H and O–H groups in total. The lowest BCUT2D eigenvalue weighted by Crippen LogP contribution is -2.58. The van der Waals surface area contributed by atoms with Crippen LogP contribution in [-0.4, -0.2) is 28.1 Å². The second-order valence-electron chi connectivity index (χ2n) is 8.17. The molecule has 3 rings (SSSR count). The van der Waals surface area contributed by atoms with Crippen LogP contribution < -0.4 is 10.9 Å². The van der Waals surface area contributed by atoms with Gasteiger partial charge in [0.1, 0.15) is 0 Å². The molecule has 3 atom stereocenters. The molecule has 0 saturated heterocycles. The second-order valence-corrected chi connectivity index (χ2v) is 8.17. The highest BCUT2D eigenvalue weighted by molar-refractivity contribution is 6.02. The normalized spacial score (nSPS) is 20.8. The van der Waals surface area contributed by atoms with Crippen LogP contribution in [-0.2, 0) is 27.2 Å². The van der Waals surface area contributed by atoms with Crippen molar-refractivity contribution in [2.24, 2.45) is 23.1 Å². The van der Waals surface area contributed by atoms with E-state index in [0.717, 1.165) is 16.1 Å². The van der Waals surface area contributed by atoms with Gasteiger partial charge in [-0.15, -0.1) is 0 Å². The molecule has 2 aromatic rings. The molecule has 7 heteroatoms. The van der Waals surface area contributed by atoms with Crippen LogP contribution in [0.1, 0.15) is 37.3 Å². The van der Waals surface area contributed by atoms with Crippen molar-refractivity contribution in [3.63, 3.8) is 0 Å². The van der Waals surface area contributed by atoms with Gasteiger partial charge in [-0.25, -0.2) is 10.9 Å². The van der Waals surface area contributed by atoms with E-state index in [2.05, 4.69) is 0 Å². The van der Waals surface area contributed by atoms with Crippen molar-refractivity contribution in [1.29, 1.82) is 0 Å². The molecule has 31 heavy (non-hydrogen) atoms. The van der Waals surface area contributed by atoms with Gasteiger partial charge >= 0.3 is 11.9 Å². The van der Waals surface area contributed by atoms with Crippen LogP contribution >= 0.6 is 0 Å². The number of hydrogen-bond acceptors (Lipinski definition) is 4. The average Bonchev–Trinajstić information content (AvgIpc) is 2.76. The van der Waals surface area contributed by atoms with Crippen molar-refractivity contribution in [1.82, 2.24) is 0 Å². The van der Waals surface area contributed by atoms with Gasteiger partial charge in [-0.05, 0) is 49.3 Å². The maximum atomic E-state index is 13.8. The van der Waals surface area contributed by atoms with Crippen molar-refractivity contribution in [3.05, 3.63) is 65.7 Å². The number of carboxylic acid groups (broad SMARTS) is 2. The molecule has 7 nitrogen and oxygen atoms in total. The Morgan fingerprint density at radius 1 is 1.06 bits per heavy atom. The molecular formula is C24H28N2O5. The number of nitrogens with two attached hydrogens (primary N) is 1. The standard InChI is InChI=1S/C24H28N2O5/c1-16(21(27)28)24(19(22(29)30)14-13-17-8-3-2-4-9-17)15-7-11-18-10-5-6-12-20(18)26(25)23(24)31/h2-6,8-10,12,16,19H,7,11,13-15,25H2,1H3,(H,27,28)(H,29,30). The molecule has 0 aliphatic carbocycles. The summed E-state index contributed by atoms with van der Waals surface area (Å²) >= 11 is 0. The van der Waals surface area contributed by atoms with Gasteiger partial charge in [0.25, 0.3) is 0 Å². The molecule has 2 aromatic carbocycles. The van der Waals surface area contributed by atoms with Crippen LogP contribution in [0.15, 0.2) is 54.6 Å². The summed E-state index contributed by atoms with van der Waals surface area (Å²) in [6.45, 7) is 1.42. The van der Waals surface area contributed by atoms with Gasteiger partial charge in [-0.3, -0.25) is 14.4 Å². The third-order valence-electron chi connectivity index (χ3n) is 6.53. The Morgan fingerprint density at radius 2 is 1.71 bits per heavy atom. The number of amides is 1. The fourth-order valence-corrected chi connectivity index (χ4v) is 4.77. The predicted molar refractivity (Wildman–Crippen MR) is 116 cm³/mol. The molecule has 1 aliphatic heterocycles. The van der Waals surface area contributed by atoms with Crippen LogP contribution in [0.4, 0.5) is 5.69 Å². The van der Waals surface area contributed by atoms with Gasteiger partial charge in [0, 0.05) is 0 Å². The van der Waals surface area contributed by atoms with Crippen molar-refractivity contribution in [2.75, 3.05) is 5.01 Å². The molecule has 0 radical (unpaired) electrons. The smallest absolute Gasteiger partial charge is 0.307 e. The lowest BCUT2D eigenvalue weighted by molar-refractivity contribution is -0.164. The molecule has 0 aromatic heterocycles. The lowest BCUT2D eigenvalue weighted by atomic mass is 9.61. The molecule has 1 amide bonds. The highest BCUT2D eigenvalue weighted by Crippen LogP contribution is 2.47. The number of aryl methyl sites for hydroxylation is 2. The highest BCUT2D eigenvalue weighted by Gasteiger charge is 2.56. The van der Waals surface area contributed by atoms with Gasteiger partial charge in [0.05, 0.1) is 22.9 Å². The Hall–Kier alpha value is -3.19.